The summed E-state index contributed by atoms with van der Waals surface area (Å²) in [6, 6.07) is 0. The lowest BCUT2D eigenvalue weighted by molar-refractivity contribution is 0.194. The molecule has 1 N–H and O–H groups in total. The van der Waals surface area contributed by atoms with Gasteiger partial charge in [-0.2, -0.15) is 0 Å². The summed E-state index contributed by atoms with van der Waals surface area (Å²) in [6.07, 6.45) is 5.43. The van der Waals surface area contributed by atoms with Crippen molar-refractivity contribution in [3.63, 3.8) is 0 Å². The summed E-state index contributed by atoms with van der Waals surface area (Å²) >= 11 is 0. The molecule has 0 fully saturated rings. The van der Waals surface area contributed by atoms with Crippen LogP contribution < -0.4 is 4.74 Å². The molecule has 84 valence electrons. The molecule has 1 atom stereocenters. The van der Waals surface area contributed by atoms with E-state index in [0.717, 1.165) is 0 Å². The van der Waals surface area contributed by atoms with Crippen molar-refractivity contribution >= 4 is 0 Å². The molecular formula is C10H12N4O2. The van der Waals surface area contributed by atoms with Gasteiger partial charge < -0.3 is 14.4 Å². The Labute approximate surface area is 92.6 Å². The second-order valence-electron chi connectivity index (χ2n) is 3.25. The first kappa shape index (κ1) is 10.6. The van der Waals surface area contributed by atoms with Crippen molar-refractivity contribution in [3.8, 4) is 5.88 Å². The first-order valence-electron chi connectivity index (χ1n) is 4.74. The topological polar surface area (TPSA) is 73.1 Å². The fourth-order valence-electron chi connectivity index (χ4n) is 1.44. The molecular weight excluding hydrogens is 208 g/mol. The van der Waals surface area contributed by atoms with Crippen LogP contribution in [0.4, 0.5) is 0 Å². The molecule has 0 aliphatic rings. The molecule has 2 rings (SSSR count). The number of rotatable bonds is 3. The minimum Gasteiger partial charge on any atom is -0.480 e. The lowest BCUT2D eigenvalue weighted by Gasteiger charge is -2.12. The van der Waals surface area contributed by atoms with Crippen molar-refractivity contribution in [3.05, 3.63) is 36.3 Å². The third-order valence-electron chi connectivity index (χ3n) is 2.25. The number of nitrogens with zero attached hydrogens (tertiary/aromatic N) is 4. The van der Waals surface area contributed by atoms with Crippen LogP contribution in [0.2, 0.25) is 0 Å². The summed E-state index contributed by atoms with van der Waals surface area (Å²) in [7, 11) is 3.28. The van der Waals surface area contributed by atoms with Crippen LogP contribution in [-0.2, 0) is 7.05 Å². The van der Waals surface area contributed by atoms with Gasteiger partial charge in [0.15, 0.2) is 6.10 Å². The number of aromatic nitrogens is 4. The number of aliphatic hydroxyl groups is 1. The van der Waals surface area contributed by atoms with Crippen LogP contribution in [0.15, 0.2) is 24.8 Å². The maximum Gasteiger partial charge on any atom is 0.238 e. The molecule has 0 saturated heterocycles. The number of hydrogen-bond acceptors (Lipinski definition) is 5. The second-order valence-corrected chi connectivity index (χ2v) is 3.25. The maximum atomic E-state index is 10.1. The van der Waals surface area contributed by atoms with Gasteiger partial charge in [0.1, 0.15) is 11.5 Å². The monoisotopic (exact) mass is 220 g/mol. The number of hydrogen-bond donors (Lipinski definition) is 1. The summed E-state index contributed by atoms with van der Waals surface area (Å²) in [6.45, 7) is 0. The number of aryl methyl sites for hydroxylation is 1. The smallest absolute Gasteiger partial charge is 0.238 e. The van der Waals surface area contributed by atoms with Crippen LogP contribution >= 0.6 is 0 Å². The van der Waals surface area contributed by atoms with Gasteiger partial charge in [0, 0.05) is 31.8 Å². The molecule has 2 aromatic rings. The van der Waals surface area contributed by atoms with Gasteiger partial charge in [-0.1, -0.05) is 0 Å². The van der Waals surface area contributed by atoms with E-state index in [1.807, 2.05) is 0 Å². The molecule has 6 nitrogen and oxygen atoms in total. The largest absolute Gasteiger partial charge is 0.480 e. The lowest BCUT2D eigenvalue weighted by atomic mass is 10.2. The zero-order valence-electron chi connectivity index (χ0n) is 9.03. The van der Waals surface area contributed by atoms with Gasteiger partial charge in [0.2, 0.25) is 5.88 Å². The van der Waals surface area contributed by atoms with Crippen LogP contribution in [0.3, 0.4) is 0 Å². The highest BCUT2D eigenvalue weighted by Gasteiger charge is 2.21. The molecule has 0 aromatic carbocycles. The zero-order valence-corrected chi connectivity index (χ0v) is 9.03. The third kappa shape index (κ3) is 1.74. The molecule has 0 saturated carbocycles. The molecule has 6 heteroatoms. The summed E-state index contributed by atoms with van der Waals surface area (Å²) in [5, 5.41) is 10.1. The first-order chi connectivity index (χ1) is 7.74. The highest BCUT2D eigenvalue weighted by Crippen LogP contribution is 2.24. The second kappa shape index (κ2) is 4.28. The summed E-state index contributed by atoms with van der Waals surface area (Å²) in [4.78, 5) is 12.1. The molecule has 0 aliphatic heterocycles. The van der Waals surface area contributed by atoms with Crippen molar-refractivity contribution < 1.29 is 9.84 Å². The van der Waals surface area contributed by atoms with Gasteiger partial charge in [0.05, 0.1) is 7.11 Å². The quantitative estimate of drug-likeness (QED) is 0.805. The van der Waals surface area contributed by atoms with Crippen LogP contribution in [0.1, 0.15) is 17.6 Å². The van der Waals surface area contributed by atoms with Gasteiger partial charge in [-0.15, -0.1) is 0 Å². The fraction of sp³-hybridized carbons (Fsp3) is 0.300. The molecule has 2 aromatic heterocycles. The van der Waals surface area contributed by atoms with Crippen LogP contribution in [0.25, 0.3) is 0 Å². The number of methoxy groups -OCH3 is 1. The van der Waals surface area contributed by atoms with E-state index >= 15 is 0 Å². The highest BCUT2D eigenvalue weighted by atomic mass is 16.5. The van der Waals surface area contributed by atoms with Gasteiger partial charge in [-0.3, -0.25) is 4.98 Å². The van der Waals surface area contributed by atoms with E-state index < -0.39 is 6.10 Å². The van der Waals surface area contributed by atoms with Crippen molar-refractivity contribution in [1.82, 2.24) is 19.5 Å². The summed E-state index contributed by atoms with van der Waals surface area (Å²) in [5.74, 6) is 0.803. The Morgan fingerprint density at radius 3 is 2.62 bits per heavy atom. The molecule has 0 radical (unpaired) electrons. The highest BCUT2D eigenvalue weighted by molar-refractivity contribution is 5.24. The fourth-order valence-corrected chi connectivity index (χ4v) is 1.44. The average Bonchev–Trinajstić information content (AvgIpc) is 2.74. The molecule has 1 unspecified atom stereocenters. The van der Waals surface area contributed by atoms with Crippen molar-refractivity contribution in [2.24, 2.45) is 7.05 Å². The van der Waals surface area contributed by atoms with Gasteiger partial charge in [-0.25, -0.2) is 9.97 Å². The number of imidazole rings is 1. The van der Waals surface area contributed by atoms with E-state index in [-0.39, 0.29) is 0 Å². The Hall–Kier alpha value is -1.95. The van der Waals surface area contributed by atoms with Gasteiger partial charge in [0.25, 0.3) is 0 Å². The molecule has 0 amide bonds. The van der Waals surface area contributed by atoms with Crippen LogP contribution in [0.5, 0.6) is 5.88 Å². The van der Waals surface area contributed by atoms with E-state index in [9.17, 15) is 5.11 Å². The maximum absolute atomic E-state index is 10.1. The number of ether oxygens (including phenoxy) is 1. The molecule has 0 bridgehead atoms. The van der Waals surface area contributed by atoms with E-state index in [4.69, 9.17) is 4.74 Å². The molecule has 2 heterocycles. The third-order valence-corrected chi connectivity index (χ3v) is 2.25. The Morgan fingerprint density at radius 2 is 2.00 bits per heavy atom. The van der Waals surface area contributed by atoms with E-state index in [2.05, 4.69) is 15.0 Å². The van der Waals surface area contributed by atoms with E-state index in [1.54, 1.807) is 24.0 Å². The molecule has 16 heavy (non-hydrogen) atoms. The Morgan fingerprint density at radius 1 is 1.25 bits per heavy atom. The minimum atomic E-state index is -0.941. The van der Waals surface area contributed by atoms with Crippen molar-refractivity contribution in [2.45, 2.75) is 6.10 Å². The van der Waals surface area contributed by atoms with Crippen molar-refractivity contribution in [2.75, 3.05) is 7.11 Å². The predicted octanol–water partition coefficient (Wildman–Crippen LogP) is 0.300. The number of aliphatic hydroxyl groups excluding tert-OH is 1. The standard InChI is InChI=1S/C10H12N4O2/c1-14-6-5-12-9(14)8(15)7-10(16-2)13-4-3-11-7/h3-6,8,15H,1-2H3. The van der Waals surface area contributed by atoms with Crippen molar-refractivity contribution in [1.29, 1.82) is 0 Å². The minimum absolute atomic E-state index is 0.304. The SMILES string of the molecule is COc1nccnc1C(O)c1nccn1C. The summed E-state index contributed by atoms with van der Waals surface area (Å²) in [5.41, 5.74) is 0.360. The van der Waals surface area contributed by atoms with Crippen LogP contribution in [-0.4, -0.2) is 31.7 Å². The predicted molar refractivity (Wildman–Crippen MR) is 55.9 cm³/mol. The van der Waals surface area contributed by atoms with E-state index in [1.165, 1.54) is 19.5 Å². The first-order valence-corrected chi connectivity index (χ1v) is 4.74. The normalized spacial score (nSPS) is 12.4. The average molecular weight is 220 g/mol. The van der Waals surface area contributed by atoms with Gasteiger partial charge in [-0.05, 0) is 0 Å². The zero-order chi connectivity index (χ0) is 11.5. The Bertz CT molecular complexity index is 483. The molecule has 0 aliphatic carbocycles. The van der Waals surface area contributed by atoms with Gasteiger partial charge >= 0.3 is 0 Å². The Kier molecular flexibility index (Phi) is 2.82. The Balaban J connectivity index is 2.41. The molecule has 0 spiro atoms. The summed E-state index contributed by atoms with van der Waals surface area (Å²) < 4.78 is 6.75. The van der Waals surface area contributed by atoms with Crippen LogP contribution in [0, 0.1) is 0 Å². The lowest BCUT2D eigenvalue weighted by Crippen LogP contribution is -2.10. The van der Waals surface area contributed by atoms with E-state index in [0.29, 0.717) is 17.4 Å².